The first-order chi connectivity index (χ1) is 13.4. The lowest BCUT2D eigenvalue weighted by Crippen LogP contribution is -2.48. The standard InChI is InChI=1S/C27H31N/c1-26(2,3)24-8-9-25(22(13-24)17-28)21-4-6-23(7-5-21)27-14-18-10-19(15-27)12-20(11-18)16-27/h4-9,13,18-20H,10-12,14-16H2,1-3H3. The summed E-state index contributed by atoms with van der Waals surface area (Å²) >= 11 is 0. The van der Waals surface area contributed by atoms with E-state index < -0.39 is 0 Å². The predicted molar refractivity (Wildman–Crippen MR) is 115 cm³/mol. The van der Waals surface area contributed by atoms with Gasteiger partial charge < -0.3 is 0 Å². The van der Waals surface area contributed by atoms with Crippen molar-refractivity contribution in [2.45, 2.75) is 70.1 Å². The number of nitriles is 1. The number of hydrogen-bond acceptors (Lipinski definition) is 1. The van der Waals surface area contributed by atoms with E-state index in [1.54, 1.807) is 5.56 Å². The molecule has 0 radical (unpaired) electrons. The number of rotatable bonds is 2. The highest BCUT2D eigenvalue weighted by Gasteiger charge is 2.51. The van der Waals surface area contributed by atoms with Gasteiger partial charge in [-0.3, -0.25) is 0 Å². The number of nitrogens with zero attached hydrogens (tertiary/aromatic N) is 1. The van der Waals surface area contributed by atoms with E-state index in [9.17, 15) is 5.26 Å². The molecule has 2 aromatic rings. The maximum atomic E-state index is 9.73. The van der Waals surface area contributed by atoms with Crippen LogP contribution in [0.5, 0.6) is 0 Å². The second-order valence-corrected chi connectivity index (χ2v) is 10.9. The summed E-state index contributed by atoms with van der Waals surface area (Å²) < 4.78 is 0. The quantitative estimate of drug-likeness (QED) is 0.559. The molecule has 0 saturated heterocycles. The Morgan fingerprint density at radius 3 is 1.93 bits per heavy atom. The Labute approximate surface area is 169 Å². The van der Waals surface area contributed by atoms with Gasteiger partial charge in [0.1, 0.15) is 0 Å². The monoisotopic (exact) mass is 369 g/mol. The lowest BCUT2D eigenvalue weighted by atomic mass is 9.48. The zero-order valence-electron chi connectivity index (χ0n) is 17.5. The molecule has 0 heterocycles. The fraction of sp³-hybridized carbons (Fsp3) is 0.519. The Kier molecular flexibility index (Phi) is 3.99. The molecule has 0 amide bonds. The van der Waals surface area contributed by atoms with E-state index in [0.29, 0.717) is 5.41 Å². The van der Waals surface area contributed by atoms with Crippen LogP contribution >= 0.6 is 0 Å². The zero-order valence-corrected chi connectivity index (χ0v) is 17.5. The third-order valence-corrected chi connectivity index (χ3v) is 7.85. The van der Waals surface area contributed by atoms with Gasteiger partial charge >= 0.3 is 0 Å². The molecule has 0 aromatic heterocycles. The average Bonchev–Trinajstić information content (AvgIpc) is 2.66. The molecule has 4 aliphatic rings. The first-order valence-electron chi connectivity index (χ1n) is 11.0. The molecule has 1 nitrogen and oxygen atoms in total. The van der Waals surface area contributed by atoms with Crippen LogP contribution in [0.2, 0.25) is 0 Å². The molecule has 6 rings (SSSR count). The minimum absolute atomic E-state index is 0.0620. The van der Waals surface area contributed by atoms with Crippen molar-refractivity contribution in [1.29, 1.82) is 5.26 Å². The van der Waals surface area contributed by atoms with Crippen LogP contribution in [-0.4, -0.2) is 0 Å². The summed E-state index contributed by atoms with van der Waals surface area (Å²) in [7, 11) is 0. The van der Waals surface area contributed by atoms with Gasteiger partial charge in [0.05, 0.1) is 11.6 Å². The summed E-state index contributed by atoms with van der Waals surface area (Å²) in [5.74, 6) is 2.92. The van der Waals surface area contributed by atoms with Crippen LogP contribution in [0.4, 0.5) is 0 Å². The van der Waals surface area contributed by atoms with E-state index in [1.165, 1.54) is 49.7 Å². The summed E-state index contributed by atoms with van der Waals surface area (Å²) in [6.07, 6.45) is 8.68. The molecule has 1 heteroatoms. The molecule has 2 aromatic carbocycles. The first-order valence-corrected chi connectivity index (χ1v) is 11.0. The Balaban J connectivity index is 1.47. The molecule has 4 saturated carbocycles. The SMILES string of the molecule is CC(C)(C)c1ccc(-c2ccc(C34CC5CC(CC(C5)C3)C4)cc2)c(C#N)c1. The van der Waals surface area contributed by atoms with E-state index in [1.807, 2.05) is 0 Å². The Hall–Kier alpha value is -2.07. The van der Waals surface area contributed by atoms with Gasteiger partial charge in [0, 0.05) is 0 Å². The second-order valence-electron chi connectivity index (χ2n) is 10.9. The highest BCUT2D eigenvalue weighted by molar-refractivity contribution is 5.71. The van der Waals surface area contributed by atoms with Gasteiger partial charge in [0.25, 0.3) is 0 Å². The fourth-order valence-electron chi connectivity index (χ4n) is 6.82. The van der Waals surface area contributed by atoms with Gasteiger partial charge in [-0.2, -0.15) is 5.26 Å². The van der Waals surface area contributed by atoms with Crippen LogP contribution in [0.3, 0.4) is 0 Å². The van der Waals surface area contributed by atoms with Crippen molar-refractivity contribution in [3.8, 4) is 17.2 Å². The van der Waals surface area contributed by atoms with Crippen LogP contribution in [0.15, 0.2) is 42.5 Å². The maximum Gasteiger partial charge on any atom is 0.0998 e. The van der Waals surface area contributed by atoms with E-state index in [2.05, 4.69) is 69.3 Å². The highest BCUT2D eigenvalue weighted by atomic mass is 14.6. The normalized spacial score (nSPS) is 31.0. The van der Waals surface area contributed by atoms with Gasteiger partial charge in [0.2, 0.25) is 0 Å². The molecule has 4 bridgehead atoms. The molecule has 0 aliphatic heterocycles. The molecule has 4 fully saturated rings. The minimum Gasteiger partial charge on any atom is -0.192 e. The van der Waals surface area contributed by atoms with Crippen molar-refractivity contribution < 1.29 is 0 Å². The van der Waals surface area contributed by atoms with Gasteiger partial charge in [-0.05, 0) is 95.4 Å². The third kappa shape index (κ3) is 2.89. The zero-order chi connectivity index (χ0) is 19.5. The van der Waals surface area contributed by atoms with Crippen molar-refractivity contribution in [1.82, 2.24) is 0 Å². The lowest BCUT2D eigenvalue weighted by molar-refractivity contribution is -0.00518. The number of benzene rings is 2. The molecular formula is C27H31N. The topological polar surface area (TPSA) is 23.8 Å². The molecule has 0 spiro atoms. The highest BCUT2D eigenvalue weighted by Crippen LogP contribution is 2.60. The largest absolute Gasteiger partial charge is 0.192 e. The summed E-state index contributed by atoms with van der Waals surface area (Å²) in [6, 6.07) is 18.1. The van der Waals surface area contributed by atoms with Crippen LogP contribution in [0.25, 0.3) is 11.1 Å². The van der Waals surface area contributed by atoms with Crippen molar-refractivity contribution in [2.75, 3.05) is 0 Å². The Morgan fingerprint density at radius 1 is 0.857 bits per heavy atom. The molecule has 0 unspecified atom stereocenters. The van der Waals surface area contributed by atoms with Crippen molar-refractivity contribution >= 4 is 0 Å². The minimum atomic E-state index is 0.0620. The van der Waals surface area contributed by atoms with Gasteiger partial charge in [-0.25, -0.2) is 0 Å². The van der Waals surface area contributed by atoms with Crippen LogP contribution in [0.1, 0.15) is 76.0 Å². The van der Waals surface area contributed by atoms with E-state index >= 15 is 0 Å². The summed E-state index contributed by atoms with van der Waals surface area (Å²) in [6.45, 7) is 6.59. The Bertz CT molecular complexity index is 900. The molecule has 144 valence electrons. The maximum absolute atomic E-state index is 9.73. The smallest absolute Gasteiger partial charge is 0.0998 e. The Morgan fingerprint density at radius 2 is 1.43 bits per heavy atom. The molecular weight excluding hydrogens is 338 g/mol. The lowest BCUT2D eigenvalue weighted by Gasteiger charge is -2.57. The number of hydrogen-bond donors (Lipinski definition) is 0. The van der Waals surface area contributed by atoms with E-state index in [-0.39, 0.29) is 5.41 Å². The van der Waals surface area contributed by atoms with Crippen molar-refractivity contribution in [3.63, 3.8) is 0 Å². The predicted octanol–water partition coefficient (Wildman–Crippen LogP) is 6.99. The van der Waals surface area contributed by atoms with Crippen LogP contribution in [-0.2, 0) is 10.8 Å². The summed E-state index contributed by atoms with van der Waals surface area (Å²) in [5, 5.41) is 9.73. The molecule has 28 heavy (non-hydrogen) atoms. The first kappa shape index (κ1) is 18.0. The van der Waals surface area contributed by atoms with Crippen LogP contribution in [0, 0.1) is 29.1 Å². The molecule has 0 atom stereocenters. The van der Waals surface area contributed by atoms with Gasteiger partial charge in [-0.1, -0.05) is 57.2 Å². The summed E-state index contributed by atoms with van der Waals surface area (Å²) in [5.41, 5.74) is 6.31. The molecule has 4 aliphatic carbocycles. The van der Waals surface area contributed by atoms with Gasteiger partial charge in [-0.15, -0.1) is 0 Å². The van der Waals surface area contributed by atoms with Crippen LogP contribution < -0.4 is 0 Å². The van der Waals surface area contributed by atoms with E-state index in [0.717, 1.165) is 28.9 Å². The van der Waals surface area contributed by atoms with E-state index in [4.69, 9.17) is 0 Å². The van der Waals surface area contributed by atoms with Crippen molar-refractivity contribution in [2.24, 2.45) is 17.8 Å². The summed E-state index contributed by atoms with van der Waals surface area (Å²) in [4.78, 5) is 0. The average molecular weight is 370 g/mol. The van der Waals surface area contributed by atoms with Gasteiger partial charge in [0.15, 0.2) is 0 Å². The van der Waals surface area contributed by atoms with Crippen molar-refractivity contribution in [3.05, 3.63) is 59.2 Å². The second kappa shape index (κ2) is 6.21. The molecule has 0 N–H and O–H groups in total. The fourth-order valence-corrected chi connectivity index (χ4v) is 6.82. The third-order valence-electron chi connectivity index (χ3n) is 7.85.